The van der Waals surface area contributed by atoms with Crippen LogP contribution in [0, 0.1) is 11.3 Å². The highest BCUT2D eigenvalue weighted by molar-refractivity contribution is 4.85. The molecule has 1 aliphatic rings. The predicted octanol–water partition coefficient (Wildman–Crippen LogP) is 4.30. The van der Waals surface area contributed by atoms with Gasteiger partial charge in [0.25, 0.3) is 0 Å². The van der Waals surface area contributed by atoms with Crippen LogP contribution in [-0.4, -0.2) is 36.1 Å². The summed E-state index contributed by atoms with van der Waals surface area (Å²) in [5.41, 5.74) is 0.554. The van der Waals surface area contributed by atoms with E-state index in [9.17, 15) is 0 Å². The fourth-order valence-electron chi connectivity index (χ4n) is 3.19. The van der Waals surface area contributed by atoms with E-state index in [1.54, 1.807) is 0 Å². The maximum absolute atomic E-state index is 3.68. The smallest absolute Gasteiger partial charge is 0.00967 e. The van der Waals surface area contributed by atoms with Crippen molar-refractivity contribution in [1.82, 2.24) is 10.2 Å². The lowest BCUT2D eigenvalue weighted by Crippen LogP contribution is -2.48. The van der Waals surface area contributed by atoms with Crippen LogP contribution in [-0.2, 0) is 0 Å². The van der Waals surface area contributed by atoms with Crippen LogP contribution < -0.4 is 5.32 Å². The monoisotopic (exact) mass is 282 g/mol. The Bertz CT molecular complexity index is 270. The van der Waals surface area contributed by atoms with Crippen LogP contribution in [0.1, 0.15) is 74.1 Å². The highest BCUT2D eigenvalue weighted by atomic mass is 15.2. The van der Waals surface area contributed by atoms with Crippen molar-refractivity contribution in [3.8, 4) is 0 Å². The van der Waals surface area contributed by atoms with Crippen molar-refractivity contribution < 1.29 is 0 Å². The third-order valence-electron chi connectivity index (χ3n) is 4.17. The summed E-state index contributed by atoms with van der Waals surface area (Å²) in [6.45, 7) is 19.9. The van der Waals surface area contributed by atoms with E-state index in [-0.39, 0.29) is 5.54 Å². The number of nitrogens with one attached hydrogen (secondary N) is 1. The topological polar surface area (TPSA) is 15.3 Å². The minimum atomic E-state index is 0.216. The Labute approximate surface area is 127 Å². The molecule has 0 bridgehead atoms. The molecule has 2 nitrogen and oxygen atoms in total. The largest absolute Gasteiger partial charge is 0.311 e. The van der Waals surface area contributed by atoms with Crippen LogP contribution in [0.25, 0.3) is 0 Å². The van der Waals surface area contributed by atoms with Gasteiger partial charge in [0, 0.05) is 31.2 Å². The van der Waals surface area contributed by atoms with Crippen molar-refractivity contribution in [2.24, 2.45) is 11.3 Å². The molecular formula is C18H38N2. The Hall–Kier alpha value is -0.0800. The third kappa shape index (κ3) is 7.08. The van der Waals surface area contributed by atoms with Crippen LogP contribution in [0.2, 0.25) is 0 Å². The minimum Gasteiger partial charge on any atom is -0.311 e. The number of nitrogens with zero attached hydrogens (tertiary/aromatic N) is 1. The second-order valence-electron chi connectivity index (χ2n) is 9.03. The maximum Gasteiger partial charge on any atom is 0.00967 e. The highest BCUT2D eigenvalue weighted by Crippen LogP contribution is 2.28. The van der Waals surface area contributed by atoms with Crippen LogP contribution in [0.4, 0.5) is 0 Å². The second-order valence-corrected chi connectivity index (χ2v) is 9.03. The van der Waals surface area contributed by atoms with Crippen LogP contribution in [0.15, 0.2) is 0 Å². The summed E-state index contributed by atoms with van der Waals surface area (Å²) in [6.07, 6.45) is 5.69. The molecule has 1 aliphatic carbocycles. The van der Waals surface area contributed by atoms with Gasteiger partial charge in [0.15, 0.2) is 0 Å². The fourth-order valence-corrected chi connectivity index (χ4v) is 3.19. The molecule has 0 aromatic heterocycles. The van der Waals surface area contributed by atoms with Gasteiger partial charge in [0.05, 0.1) is 0 Å². The van der Waals surface area contributed by atoms with E-state index >= 15 is 0 Å². The summed E-state index contributed by atoms with van der Waals surface area (Å²) in [7, 11) is 0. The quantitative estimate of drug-likeness (QED) is 0.749. The lowest BCUT2D eigenvalue weighted by atomic mass is 9.90. The third-order valence-corrected chi connectivity index (χ3v) is 4.17. The van der Waals surface area contributed by atoms with Crippen molar-refractivity contribution in [1.29, 1.82) is 0 Å². The molecule has 0 radical (unpaired) electrons. The SMILES string of the molecule is CC(C)CN(CC(C)(C)CNC(C)(C)C)C1CCCC1. The van der Waals surface area contributed by atoms with Crippen LogP contribution >= 0.6 is 0 Å². The lowest BCUT2D eigenvalue weighted by molar-refractivity contribution is 0.110. The van der Waals surface area contributed by atoms with Gasteiger partial charge in [-0.2, -0.15) is 0 Å². The standard InChI is InChI=1S/C18H38N2/c1-15(2)12-20(16-10-8-9-11-16)14-18(6,7)13-19-17(3,4)5/h15-16,19H,8-14H2,1-7H3. The zero-order valence-electron chi connectivity index (χ0n) is 15.1. The fraction of sp³-hybridized carbons (Fsp3) is 1.00. The molecule has 0 saturated heterocycles. The normalized spacial score (nSPS) is 18.4. The first-order chi connectivity index (χ1) is 9.09. The summed E-state index contributed by atoms with van der Waals surface area (Å²) in [6, 6.07) is 0.839. The molecule has 0 atom stereocenters. The van der Waals surface area contributed by atoms with E-state index in [0.29, 0.717) is 5.41 Å². The first-order valence-electron chi connectivity index (χ1n) is 8.58. The summed E-state index contributed by atoms with van der Waals surface area (Å²) in [5, 5.41) is 3.68. The molecule has 0 unspecified atom stereocenters. The van der Waals surface area contributed by atoms with Crippen LogP contribution in [0.3, 0.4) is 0 Å². The molecule has 20 heavy (non-hydrogen) atoms. The predicted molar refractivity (Wildman–Crippen MR) is 90.2 cm³/mol. The van der Waals surface area contributed by atoms with Gasteiger partial charge in [-0.25, -0.2) is 0 Å². The Balaban J connectivity index is 2.57. The first kappa shape index (κ1) is 18.0. The Morgan fingerprint density at radius 3 is 2.05 bits per heavy atom. The van der Waals surface area contributed by atoms with E-state index < -0.39 is 0 Å². The number of hydrogen-bond donors (Lipinski definition) is 1. The molecule has 2 heteroatoms. The average Bonchev–Trinajstić information content (AvgIpc) is 2.77. The molecule has 1 rings (SSSR count). The molecule has 0 aliphatic heterocycles. The molecule has 120 valence electrons. The number of rotatable bonds is 7. The molecule has 1 fully saturated rings. The molecule has 0 heterocycles. The van der Waals surface area contributed by atoms with Gasteiger partial charge in [-0.05, 0) is 44.9 Å². The molecule has 1 N–H and O–H groups in total. The van der Waals surface area contributed by atoms with Gasteiger partial charge < -0.3 is 5.32 Å². The van der Waals surface area contributed by atoms with E-state index in [1.807, 2.05) is 0 Å². The summed E-state index contributed by atoms with van der Waals surface area (Å²) in [5.74, 6) is 0.766. The van der Waals surface area contributed by atoms with E-state index in [4.69, 9.17) is 0 Å². The highest BCUT2D eigenvalue weighted by Gasteiger charge is 2.29. The molecule has 0 aromatic carbocycles. The van der Waals surface area contributed by atoms with Gasteiger partial charge >= 0.3 is 0 Å². The molecule has 0 spiro atoms. The lowest BCUT2D eigenvalue weighted by Gasteiger charge is -2.39. The van der Waals surface area contributed by atoms with Gasteiger partial charge in [-0.3, -0.25) is 4.90 Å². The van der Waals surface area contributed by atoms with Crippen LogP contribution in [0.5, 0.6) is 0 Å². The second kappa shape index (κ2) is 7.26. The van der Waals surface area contributed by atoms with Crippen molar-refractivity contribution in [2.75, 3.05) is 19.6 Å². The zero-order valence-corrected chi connectivity index (χ0v) is 15.1. The van der Waals surface area contributed by atoms with Crippen molar-refractivity contribution in [3.05, 3.63) is 0 Å². The average molecular weight is 283 g/mol. The molecular weight excluding hydrogens is 244 g/mol. The van der Waals surface area contributed by atoms with Gasteiger partial charge in [-0.1, -0.05) is 40.5 Å². The Morgan fingerprint density at radius 1 is 1.05 bits per heavy atom. The minimum absolute atomic E-state index is 0.216. The Morgan fingerprint density at radius 2 is 1.60 bits per heavy atom. The summed E-state index contributed by atoms with van der Waals surface area (Å²) in [4.78, 5) is 2.78. The van der Waals surface area contributed by atoms with E-state index in [0.717, 1.165) is 18.5 Å². The number of hydrogen-bond acceptors (Lipinski definition) is 2. The first-order valence-corrected chi connectivity index (χ1v) is 8.58. The molecule has 0 amide bonds. The Kier molecular flexibility index (Phi) is 6.53. The van der Waals surface area contributed by atoms with E-state index in [2.05, 4.69) is 58.7 Å². The molecule has 1 saturated carbocycles. The maximum atomic E-state index is 3.68. The van der Waals surface area contributed by atoms with Gasteiger partial charge in [0.2, 0.25) is 0 Å². The van der Waals surface area contributed by atoms with Crippen molar-refractivity contribution >= 4 is 0 Å². The summed E-state index contributed by atoms with van der Waals surface area (Å²) >= 11 is 0. The summed E-state index contributed by atoms with van der Waals surface area (Å²) < 4.78 is 0. The molecule has 0 aromatic rings. The van der Waals surface area contributed by atoms with Crippen molar-refractivity contribution in [3.63, 3.8) is 0 Å². The zero-order chi connectivity index (χ0) is 15.4. The van der Waals surface area contributed by atoms with Gasteiger partial charge in [-0.15, -0.1) is 0 Å². The van der Waals surface area contributed by atoms with E-state index in [1.165, 1.54) is 38.8 Å². The van der Waals surface area contributed by atoms with Gasteiger partial charge in [0.1, 0.15) is 0 Å². The van der Waals surface area contributed by atoms with Crippen molar-refractivity contribution in [2.45, 2.75) is 85.7 Å².